The van der Waals surface area contributed by atoms with Crippen LogP contribution in [-0.2, 0) is 11.8 Å². The van der Waals surface area contributed by atoms with Crippen molar-refractivity contribution in [1.29, 1.82) is 0 Å². The SMILES string of the molecule is CN1/C(=C/C2=C(O)C(=C/c3ccc4cc(Br)ccc4[n+]3C)/C2=O)C=Cc2cc(Br)ccc21. The van der Waals surface area contributed by atoms with E-state index in [1.54, 1.807) is 12.2 Å². The summed E-state index contributed by atoms with van der Waals surface area (Å²) in [4.78, 5) is 14.9. The van der Waals surface area contributed by atoms with Crippen molar-refractivity contribution in [2.45, 2.75) is 0 Å². The van der Waals surface area contributed by atoms with Crippen LogP contribution in [0.5, 0.6) is 0 Å². The highest BCUT2D eigenvalue weighted by Gasteiger charge is 2.34. The van der Waals surface area contributed by atoms with E-state index in [9.17, 15) is 9.90 Å². The third-order valence-electron chi connectivity index (χ3n) is 5.93. The predicted molar refractivity (Wildman–Crippen MR) is 135 cm³/mol. The molecule has 2 aromatic carbocycles. The lowest BCUT2D eigenvalue weighted by Crippen LogP contribution is -2.33. The summed E-state index contributed by atoms with van der Waals surface area (Å²) >= 11 is 6.99. The number of fused-ring (bicyclic) bond motifs is 2. The number of likely N-dealkylation sites (N-methyl/N-ethyl adjacent to an activating group) is 1. The Labute approximate surface area is 202 Å². The normalized spacial score (nSPS) is 18.0. The molecule has 6 heteroatoms. The van der Waals surface area contributed by atoms with E-state index in [0.717, 1.165) is 42.5 Å². The van der Waals surface area contributed by atoms with Crippen LogP contribution in [0.25, 0.3) is 23.1 Å². The molecule has 3 aromatic rings. The van der Waals surface area contributed by atoms with Gasteiger partial charge in [0.15, 0.2) is 0 Å². The number of aliphatic hydroxyl groups is 1. The number of aliphatic hydroxyl groups excluding tert-OH is 1. The lowest BCUT2D eigenvalue weighted by atomic mass is 9.86. The monoisotopic (exact) mass is 549 g/mol. The van der Waals surface area contributed by atoms with Crippen LogP contribution in [0.1, 0.15) is 11.3 Å². The van der Waals surface area contributed by atoms with Crippen molar-refractivity contribution in [3.05, 3.63) is 103 Å². The number of pyridine rings is 1. The molecule has 1 N–H and O–H groups in total. The molecule has 0 saturated carbocycles. The molecule has 0 spiro atoms. The summed E-state index contributed by atoms with van der Waals surface area (Å²) in [7, 11) is 3.90. The Bertz CT molecular complexity index is 1450. The lowest BCUT2D eigenvalue weighted by molar-refractivity contribution is -0.646. The first-order valence-electron chi connectivity index (χ1n) is 10.0. The Hall–Kier alpha value is -2.96. The highest BCUT2D eigenvalue weighted by atomic mass is 79.9. The van der Waals surface area contributed by atoms with Crippen LogP contribution in [0, 0.1) is 0 Å². The largest absolute Gasteiger partial charge is 0.506 e. The minimum Gasteiger partial charge on any atom is -0.506 e. The van der Waals surface area contributed by atoms with Gasteiger partial charge in [-0.3, -0.25) is 4.79 Å². The molecule has 1 aliphatic heterocycles. The molecule has 0 unspecified atom stereocenters. The average Bonchev–Trinajstić information content (AvgIpc) is 2.78. The number of nitrogens with zero attached hydrogens (tertiary/aromatic N) is 2. The second kappa shape index (κ2) is 7.87. The highest BCUT2D eigenvalue weighted by molar-refractivity contribution is 9.10. The number of rotatable bonds is 2. The quantitative estimate of drug-likeness (QED) is 0.314. The van der Waals surface area contributed by atoms with E-state index in [-0.39, 0.29) is 11.5 Å². The maximum absolute atomic E-state index is 12.9. The molecule has 1 aromatic heterocycles. The topological polar surface area (TPSA) is 44.4 Å². The van der Waals surface area contributed by atoms with Crippen LogP contribution in [0.3, 0.4) is 0 Å². The zero-order valence-corrected chi connectivity index (χ0v) is 20.6. The van der Waals surface area contributed by atoms with E-state index in [0.29, 0.717) is 11.1 Å². The van der Waals surface area contributed by atoms with Gasteiger partial charge in [-0.15, -0.1) is 0 Å². The van der Waals surface area contributed by atoms with E-state index in [1.807, 2.05) is 84.2 Å². The number of Topliss-reactive ketones (excluding diaryl/α,β-unsaturated/α-hetero) is 1. The number of anilines is 1. The Kier molecular flexibility index (Phi) is 5.14. The first kappa shape index (κ1) is 20.9. The standard InChI is InChI=1S/C26H18Br2N2O2/c1-29-19(7-3-15-11-17(27)5-9-23(15)29)13-21-25(31)22(26(21)32)14-20-8-4-16-12-18(28)6-10-24(16)30(20)2/h3-14H,1-2H3/p+1. The van der Waals surface area contributed by atoms with Crippen molar-refractivity contribution in [3.8, 4) is 0 Å². The smallest absolute Gasteiger partial charge is 0.212 e. The average molecular weight is 551 g/mol. The maximum atomic E-state index is 12.9. The summed E-state index contributed by atoms with van der Waals surface area (Å²) in [6.07, 6.45) is 7.45. The summed E-state index contributed by atoms with van der Waals surface area (Å²) in [5.41, 5.74) is 5.52. The van der Waals surface area contributed by atoms with Crippen molar-refractivity contribution in [1.82, 2.24) is 0 Å². The van der Waals surface area contributed by atoms with Crippen LogP contribution in [0.15, 0.2) is 92.2 Å². The molecule has 0 bridgehead atoms. The Morgan fingerprint density at radius 3 is 2.50 bits per heavy atom. The molecule has 0 amide bonds. The first-order valence-corrected chi connectivity index (χ1v) is 11.6. The zero-order valence-electron chi connectivity index (χ0n) is 17.4. The van der Waals surface area contributed by atoms with Crippen LogP contribution in [0.4, 0.5) is 5.69 Å². The minimum absolute atomic E-state index is 0.0295. The van der Waals surface area contributed by atoms with E-state index in [4.69, 9.17) is 0 Å². The van der Waals surface area contributed by atoms with Gasteiger partial charge in [0.2, 0.25) is 17.0 Å². The maximum Gasteiger partial charge on any atom is 0.212 e. The molecule has 2 aliphatic rings. The van der Waals surface area contributed by atoms with E-state index >= 15 is 0 Å². The summed E-state index contributed by atoms with van der Waals surface area (Å²) in [5.74, 6) is -0.129. The van der Waals surface area contributed by atoms with E-state index in [1.165, 1.54) is 0 Å². The molecule has 1 aliphatic carbocycles. The van der Waals surface area contributed by atoms with Crippen molar-refractivity contribution >= 4 is 66.4 Å². The van der Waals surface area contributed by atoms with Gasteiger partial charge >= 0.3 is 0 Å². The molecule has 0 radical (unpaired) electrons. The molecular formula is C26H19Br2N2O2+. The fourth-order valence-corrected chi connectivity index (χ4v) is 4.83. The van der Waals surface area contributed by atoms with Crippen LogP contribution < -0.4 is 9.47 Å². The Morgan fingerprint density at radius 2 is 1.72 bits per heavy atom. The third-order valence-corrected chi connectivity index (χ3v) is 6.91. The van der Waals surface area contributed by atoms with Gasteiger partial charge in [0.25, 0.3) is 0 Å². The number of halogens is 2. The van der Waals surface area contributed by atoms with Gasteiger partial charge in [-0.1, -0.05) is 37.9 Å². The number of hydrogen-bond acceptors (Lipinski definition) is 3. The molecule has 32 heavy (non-hydrogen) atoms. The van der Waals surface area contributed by atoms with Gasteiger partial charge in [0.1, 0.15) is 12.8 Å². The van der Waals surface area contributed by atoms with Crippen molar-refractivity contribution in [3.63, 3.8) is 0 Å². The fraction of sp³-hybridized carbons (Fsp3) is 0.0769. The number of hydrogen-bond donors (Lipinski definition) is 1. The summed E-state index contributed by atoms with van der Waals surface area (Å²) in [6.45, 7) is 0. The number of carbonyl (C=O) groups excluding carboxylic acids is 1. The van der Waals surface area contributed by atoms with Gasteiger partial charge in [-0.25, -0.2) is 0 Å². The van der Waals surface area contributed by atoms with Crippen LogP contribution in [-0.4, -0.2) is 17.9 Å². The number of aromatic nitrogens is 1. The summed E-state index contributed by atoms with van der Waals surface area (Å²) < 4.78 is 4.04. The summed E-state index contributed by atoms with van der Waals surface area (Å²) in [6, 6.07) is 16.1. The molecule has 5 rings (SSSR count). The van der Waals surface area contributed by atoms with Gasteiger partial charge in [-0.05, 0) is 54.1 Å². The van der Waals surface area contributed by atoms with Crippen LogP contribution in [0.2, 0.25) is 0 Å². The number of allylic oxidation sites excluding steroid dienone is 4. The zero-order chi connectivity index (χ0) is 22.6. The molecular weight excluding hydrogens is 532 g/mol. The number of ketones is 1. The van der Waals surface area contributed by atoms with Gasteiger partial charge in [0, 0.05) is 51.0 Å². The second-order valence-electron chi connectivity index (χ2n) is 7.83. The Morgan fingerprint density at radius 1 is 0.969 bits per heavy atom. The van der Waals surface area contributed by atoms with E-state index < -0.39 is 0 Å². The first-order chi connectivity index (χ1) is 15.3. The lowest BCUT2D eigenvalue weighted by Gasteiger charge is -2.28. The molecule has 158 valence electrons. The van der Waals surface area contributed by atoms with Crippen molar-refractivity contribution in [2.75, 3.05) is 11.9 Å². The molecule has 4 nitrogen and oxygen atoms in total. The molecule has 0 fully saturated rings. The number of benzene rings is 2. The van der Waals surface area contributed by atoms with E-state index in [2.05, 4.69) is 31.9 Å². The van der Waals surface area contributed by atoms with Crippen LogP contribution >= 0.6 is 31.9 Å². The third kappa shape index (κ3) is 3.44. The second-order valence-corrected chi connectivity index (χ2v) is 9.67. The number of aryl methyl sites for hydroxylation is 1. The van der Waals surface area contributed by atoms with Crippen molar-refractivity contribution < 1.29 is 14.5 Å². The van der Waals surface area contributed by atoms with Gasteiger partial charge in [0.05, 0.1) is 11.1 Å². The molecule has 0 saturated heterocycles. The fourth-order valence-electron chi connectivity index (χ4n) is 4.08. The predicted octanol–water partition coefficient (Wildman–Crippen LogP) is 6.01. The van der Waals surface area contributed by atoms with Crippen molar-refractivity contribution in [2.24, 2.45) is 7.05 Å². The minimum atomic E-state index is -0.158. The highest BCUT2D eigenvalue weighted by Crippen LogP contribution is 2.36. The molecule has 0 atom stereocenters. The van der Waals surface area contributed by atoms with Gasteiger partial charge in [-0.2, -0.15) is 4.57 Å². The molecule has 2 heterocycles. The summed E-state index contributed by atoms with van der Waals surface area (Å²) in [5, 5.41) is 11.8. The number of carbonyl (C=O) groups is 1. The Balaban J connectivity index is 1.49. The van der Waals surface area contributed by atoms with Gasteiger partial charge < -0.3 is 10.0 Å².